The molecule has 0 aliphatic carbocycles. The minimum absolute atomic E-state index is 0.112. The van der Waals surface area contributed by atoms with E-state index in [0.717, 1.165) is 38.5 Å². The predicted octanol–water partition coefficient (Wildman–Crippen LogP) is 5.59. The van der Waals surface area contributed by atoms with Gasteiger partial charge in [-0.1, -0.05) is 37.1 Å². The molecule has 142 valence electrons. The van der Waals surface area contributed by atoms with Crippen LogP contribution in [0.15, 0.2) is 23.3 Å². The highest BCUT2D eigenvalue weighted by Crippen LogP contribution is 2.41. The fourth-order valence-corrected chi connectivity index (χ4v) is 4.24. The number of carbonyl (C=O) groups excluding carboxylic acids is 1. The number of allylic oxidation sites excluding steroid dienone is 3. The van der Waals surface area contributed by atoms with Crippen molar-refractivity contribution in [3.63, 3.8) is 0 Å². The number of esters is 1. The van der Waals surface area contributed by atoms with Crippen molar-refractivity contribution < 1.29 is 14.3 Å². The molecule has 3 nitrogen and oxygen atoms in total. The highest BCUT2D eigenvalue weighted by atomic mass is 16.6. The Bertz CT molecular complexity index is 531. The molecule has 0 aromatic heterocycles. The summed E-state index contributed by atoms with van der Waals surface area (Å²) in [5, 5.41) is 0. The second-order valence-electron chi connectivity index (χ2n) is 8.58. The zero-order valence-electron chi connectivity index (χ0n) is 16.9. The third-order valence-corrected chi connectivity index (χ3v) is 5.93. The average Bonchev–Trinajstić information content (AvgIpc) is 2.49. The fourth-order valence-electron chi connectivity index (χ4n) is 4.24. The highest BCUT2D eigenvalue weighted by Gasteiger charge is 2.45. The molecule has 25 heavy (non-hydrogen) atoms. The summed E-state index contributed by atoms with van der Waals surface area (Å²) in [6.45, 7) is 12.6. The van der Waals surface area contributed by atoms with Crippen molar-refractivity contribution in [2.24, 2.45) is 11.8 Å². The van der Waals surface area contributed by atoms with E-state index in [1.165, 1.54) is 18.1 Å². The Morgan fingerprint density at radius 1 is 1.24 bits per heavy atom. The summed E-state index contributed by atoms with van der Waals surface area (Å²) < 4.78 is 12.4. The molecule has 0 aromatic rings. The van der Waals surface area contributed by atoms with E-state index in [4.69, 9.17) is 9.47 Å². The SMILES string of the molecule is CC(=O)O[C@H]1CC/C(C)=C\CC/C(C)=C\[C@@H]2O[C@@]1(C)CC[C@@H]2C(C)C. The second kappa shape index (κ2) is 8.53. The monoisotopic (exact) mass is 348 g/mol. The lowest BCUT2D eigenvalue weighted by atomic mass is 9.76. The van der Waals surface area contributed by atoms with Crippen LogP contribution in [0.1, 0.15) is 80.1 Å². The van der Waals surface area contributed by atoms with Crippen molar-refractivity contribution in [1.82, 2.24) is 0 Å². The quantitative estimate of drug-likeness (QED) is 0.482. The summed E-state index contributed by atoms with van der Waals surface area (Å²) in [7, 11) is 0. The van der Waals surface area contributed by atoms with Crippen molar-refractivity contribution in [2.75, 3.05) is 0 Å². The lowest BCUT2D eigenvalue weighted by molar-refractivity contribution is -0.201. The molecular formula is C22H36O3. The van der Waals surface area contributed by atoms with Crippen LogP contribution in [0, 0.1) is 11.8 Å². The number of hydrogen-bond acceptors (Lipinski definition) is 3. The van der Waals surface area contributed by atoms with Crippen molar-refractivity contribution >= 4 is 5.97 Å². The molecule has 1 saturated heterocycles. The second-order valence-corrected chi connectivity index (χ2v) is 8.58. The van der Waals surface area contributed by atoms with Crippen molar-refractivity contribution in [3.05, 3.63) is 23.3 Å². The van der Waals surface area contributed by atoms with Gasteiger partial charge >= 0.3 is 5.97 Å². The van der Waals surface area contributed by atoms with Gasteiger partial charge in [0.1, 0.15) is 11.7 Å². The summed E-state index contributed by atoms with van der Waals surface area (Å²) in [5.74, 6) is 0.903. The van der Waals surface area contributed by atoms with Gasteiger partial charge in [0, 0.05) is 6.92 Å². The molecule has 3 heteroatoms. The van der Waals surface area contributed by atoms with Gasteiger partial charge in [-0.05, 0) is 71.1 Å². The van der Waals surface area contributed by atoms with E-state index >= 15 is 0 Å². The fraction of sp³-hybridized carbons (Fsp3) is 0.773. The van der Waals surface area contributed by atoms with Gasteiger partial charge in [-0.2, -0.15) is 0 Å². The van der Waals surface area contributed by atoms with Crippen LogP contribution in [0.2, 0.25) is 0 Å². The Balaban J connectivity index is 2.35. The van der Waals surface area contributed by atoms with E-state index in [1.807, 2.05) is 0 Å². The van der Waals surface area contributed by atoms with Crippen LogP contribution in [0.5, 0.6) is 0 Å². The van der Waals surface area contributed by atoms with Crippen LogP contribution in [0.25, 0.3) is 0 Å². The third-order valence-electron chi connectivity index (χ3n) is 5.93. The Labute approximate surface area is 153 Å². The van der Waals surface area contributed by atoms with Crippen LogP contribution in [-0.4, -0.2) is 23.8 Å². The van der Waals surface area contributed by atoms with Crippen molar-refractivity contribution in [3.8, 4) is 0 Å². The van der Waals surface area contributed by atoms with Crippen LogP contribution >= 0.6 is 0 Å². The number of rotatable bonds is 2. The molecular weight excluding hydrogens is 312 g/mol. The molecule has 2 rings (SSSR count). The Morgan fingerprint density at radius 2 is 1.96 bits per heavy atom. The first-order valence-electron chi connectivity index (χ1n) is 9.89. The zero-order chi connectivity index (χ0) is 18.6. The van der Waals surface area contributed by atoms with Crippen molar-refractivity contribution in [1.29, 1.82) is 0 Å². The predicted molar refractivity (Wildman–Crippen MR) is 102 cm³/mol. The smallest absolute Gasteiger partial charge is 0.303 e. The first kappa shape index (κ1) is 20.2. The normalized spacial score (nSPS) is 38.6. The molecule has 4 atom stereocenters. The summed E-state index contributed by atoms with van der Waals surface area (Å²) in [6.07, 6.45) is 10.6. The largest absolute Gasteiger partial charge is 0.459 e. The molecule has 2 aliphatic rings. The highest BCUT2D eigenvalue weighted by molar-refractivity contribution is 5.66. The lowest BCUT2D eigenvalue weighted by Crippen LogP contribution is -2.52. The Kier molecular flexibility index (Phi) is 6.90. The van der Waals surface area contributed by atoms with Crippen LogP contribution in [-0.2, 0) is 14.3 Å². The van der Waals surface area contributed by atoms with Gasteiger partial charge in [-0.3, -0.25) is 4.79 Å². The molecule has 0 amide bonds. The first-order chi connectivity index (χ1) is 11.7. The molecule has 0 saturated carbocycles. The molecule has 0 radical (unpaired) electrons. The van der Waals surface area contributed by atoms with E-state index in [2.05, 4.69) is 46.8 Å². The maximum absolute atomic E-state index is 11.7. The molecule has 2 bridgehead atoms. The van der Waals surface area contributed by atoms with Crippen molar-refractivity contribution in [2.45, 2.75) is 97.9 Å². The minimum Gasteiger partial charge on any atom is -0.459 e. The van der Waals surface area contributed by atoms with E-state index in [-0.39, 0.29) is 18.2 Å². The van der Waals surface area contributed by atoms with Crippen LogP contribution in [0.4, 0.5) is 0 Å². The number of carbonyl (C=O) groups is 1. The van der Waals surface area contributed by atoms with Crippen LogP contribution in [0.3, 0.4) is 0 Å². The average molecular weight is 349 g/mol. The molecule has 0 aromatic carbocycles. The van der Waals surface area contributed by atoms with Gasteiger partial charge in [0.15, 0.2) is 0 Å². The summed E-state index contributed by atoms with van der Waals surface area (Å²) >= 11 is 0. The summed E-state index contributed by atoms with van der Waals surface area (Å²) in [5.41, 5.74) is 2.37. The van der Waals surface area contributed by atoms with E-state index in [0.29, 0.717) is 11.8 Å². The number of ether oxygens (including phenoxy) is 2. The first-order valence-corrected chi connectivity index (χ1v) is 9.89. The molecule has 0 spiro atoms. The maximum atomic E-state index is 11.7. The maximum Gasteiger partial charge on any atom is 0.303 e. The van der Waals surface area contributed by atoms with Gasteiger partial charge in [0.25, 0.3) is 0 Å². The zero-order valence-corrected chi connectivity index (χ0v) is 16.9. The Morgan fingerprint density at radius 3 is 2.60 bits per heavy atom. The molecule has 2 aliphatic heterocycles. The van der Waals surface area contributed by atoms with Crippen LogP contribution < -0.4 is 0 Å². The summed E-state index contributed by atoms with van der Waals surface area (Å²) in [4.78, 5) is 11.7. The van der Waals surface area contributed by atoms with Gasteiger partial charge in [0.2, 0.25) is 0 Å². The molecule has 2 heterocycles. The standard InChI is InChI=1S/C22H36O3/c1-15(2)19-12-13-22(6)21(24-18(5)23)11-10-16(3)8-7-9-17(4)14-20(19)25-22/h8,14-15,19-21H,7,9-13H2,1-6H3/b16-8-,17-14-/t19-,20+,21+,22+/m1/s1. The van der Waals surface area contributed by atoms with Gasteiger partial charge in [-0.25, -0.2) is 0 Å². The molecule has 1 fully saturated rings. The summed E-state index contributed by atoms with van der Waals surface area (Å²) in [6, 6.07) is 0. The molecule has 0 N–H and O–H groups in total. The van der Waals surface area contributed by atoms with Gasteiger partial charge in [0.05, 0.1) is 6.10 Å². The van der Waals surface area contributed by atoms with Gasteiger partial charge < -0.3 is 9.47 Å². The topological polar surface area (TPSA) is 35.5 Å². The van der Waals surface area contributed by atoms with E-state index < -0.39 is 5.60 Å². The Hall–Kier alpha value is -1.09. The van der Waals surface area contributed by atoms with E-state index in [1.54, 1.807) is 0 Å². The van der Waals surface area contributed by atoms with E-state index in [9.17, 15) is 4.79 Å². The minimum atomic E-state index is -0.405. The molecule has 0 unspecified atom stereocenters. The van der Waals surface area contributed by atoms with Gasteiger partial charge in [-0.15, -0.1) is 0 Å². The number of hydrogen-bond donors (Lipinski definition) is 0. The third kappa shape index (κ3) is 5.44. The lowest BCUT2D eigenvalue weighted by Gasteiger charge is -2.47. The number of fused-ring (bicyclic) bond motifs is 2.